The Kier molecular flexibility index (Phi) is 6.68. The first-order valence-corrected chi connectivity index (χ1v) is 12.1. The summed E-state index contributed by atoms with van der Waals surface area (Å²) in [7, 11) is 2.03. The fraction of sp³-hybridized carbons (Fsp3) is 0.391. The van der Waals surface area contributed by atoms with Gasteiger partial charge in [-0.2, -0.15) is 5.10 Å². The van der Waals surface area contributed by atoms with Crippen LogP contribution in [0, 0.1) is 0 Å². The second kappa shape index (κ2) is 10.0. The number of carbonyl (C=O) groups excluding carboxylic acids is 1. The van der Waals surface area contributed by atoms with E-state index in [1.807, 2.05) is 31.4 Å². The van der Waals surface area contributed by atoms with Gasteiger partial charge >= 0.3 is 0 Å². The predicted molar refractivity (Wildman–Crippen MR) is 131 cm³/mol. The van der Waals surface area contributed by atoms with Crippen molar-refractivity contribution in [1.82, 2.24) is 30.5 Å². The van der Waals surface area contributed by atoms with E-state index in [1.54, 1.807) is 16.8 Å². The number of carbonyl (C=O) groups is 1. The number of rotatable bonds is 8. The number of nitrogens with one attached hydrogen (secondary N) is 2. The number of morpholine rings is 1. The Hall–Kier alpha value is -3.12. The van der Waals surface area contributed by atoms with Crippen molar-refractivity contribution < 1.29 is 14.7 Å². The zero-order valence-corrected chi connectivity index (χ0v) is 19.8. The summed E-state index contributed by atoms with van der Waals surface area (Å²) in [5, 5.41) is 16.9. The van der Waals surface area contributed by atoms with Gasteiger partial charge < -0.3 is 14.5 Å². The van der Waals surface area contributed by atoms with Crippen molar-refractivity contribution in [2.75, 3.05) is 44.8 Å². The molecule has 1 saturated heterocycles. The molecule has 10 nitrogen and oxygen atoms in total. The molecule has 3 aromatic heterocycles. The first-order chi connectivity index (χ1) is 16.6. The third kappa shape index (κ3) is 4.73. The zero-order valence-electron chi connectivity index (χ0n) is 19.0. The topological polar surface area (TPSA) is 120 Å². The molecule has 178 valence electrons. The number of aromatic nitrogens is 4. The van der Waals surface area contributed by atoms with Crippen molar-refractivity contribution in [2.24, 2.45) is 0 Å². The van der Waals surface area contributed by atoms with Crippen molar-refractivity contribution in [3.63, 3.8) is 0 Å². The lowest BCUT2D eigenvalue weighted by atomic mass is 10.1. The van der Waals surface area contributed by atoms with Crippen molar-refractivity contribution in [1.29, 1.82) is 0 Å². The Balaban J connectivity index is 1.48. The summed E-state index contributed by atoms with van der Waals surface area (Å²) in [5.74, 6) is 1.27. The molecule has 1 amide bonds. The van der Waals surface area contributed by atoms with Crippen LogP contribution in [0.25, 0.3) is 32.5 Å². The SMILES string of the molecule is CN(CCCC(=O)NO)Cc1cc2nc(-c3cccc4[nH]ncc34)nc(N3CCOCC3)c2s1. The molecule has 0 spiro atoms. The monoisotopic (exact) mass is 481 g/mol. The zero-order chi connectivity index (χ0) is 23.5. The van der Waals surface area contributed by atoms with E-state index < -0.39 is 0 Å². The molecule has 0 atom stereocenters. The van der Waals surface area contributed by atoms with E-state index in [-0.39, 0.29) is 5.91 Å². The van der Waals surface area contributed by atoms with E-state index in [9.17, 15) is 4.79 Å². The second-order valence-corrected chi connectivity index (χ2v) is 9.55. The van der Waals surface area contributed by atoms with Crippen LogP contribution in [0.15, 0.2) is 30.5 Å². The molecule has 4 aromatic rings. The number of fused-ring (bicyclic) bond motifs is 2. The second-order valence-electron chi connectivity index (χ2n) is 8.41. The number of benzene rings is 1. The highest BCUT2D eigenvalue weighted by atomic mass is 32.1. The molecule has 3 N–H and O–H groups in total. The van der Waals surface area contributed by atoms with Gasteiger partial charge in [-0.15, -0.1) is 11.3 Å². The summed E-state index contributed by atoms with van der Waals surface area (Å²) in [6, 6.07) is 8.16. The molecular weight excluding hydrogens is 454 g/mol. The highest BCUT2D eigenvalue weighted by molar-refractivity contribution is 7.19. The van der Waals surface area contributed by atoms with Crippen molar-refractivity contribution >= 4 is 44.2 Å². The molecule has 0 bridgehead atoms. The van der Waals surface area contributed by atoms with E-state index in [0.717, 1.165) is 58.7 Å². The molecule has 1 fully saturated rings. The van der Waals surface area contributed by atoms with E-state index in [4.69, 9.17) is 19.9 Å². The first kappa shape index (κ1) is 22.7. The maximum absolute atomic E-state index is 11.3. The van der Waals surface area contributed by atoms with Crippen LogP contribution in [0.1, 0.15) is 17.7 Å². The summed E-state index contributed by atoms with van der Waals surface area (Å²) >= 11 is 1.71. The van der Waals surface area contributed by atoms with Crippen LogP contribution in [0.2, 0.25) is 0 Å². The van der Waals surface area contributed by atoms with Crippen LogP contribution in [-0.4, -0.2) is 76.1 Å². The summed E-state index contributed by atoms with van der Waals surface area (Å²) in [6.45, 7) is 4.44. The Morgan fingerprint density at radius 3 is 3.00 bits per heavy atom. The molecule has 5 rings (SSSR count). The van der Waals surface area contributed by atoms with Gasteiger partial charge in [0.15, 0.2) is 11.6 Å². The number of ether oxygens (including phenoxy) is 1. The van der Waals surface area contributed by atoms with Crippen LogP contribution in [-0.2, 0) is 16.1 Å². The lowest BCUT2D eigenvalue weighted by Gasteiger charge is -2.28. The minimum Gasteiger partial charge on any atom is -0.378 e. The van der Waals surface area contributed by atoms with Gasteiger partial charge in [0.1, 0.15) is 0 Å². The fourth-order valence-corrected chi connectivity index (χ4v) is 5.42. The quantitative estimate of drug-likeness (QED) is 0.260. The Bertz CT molecular complexity index is 1300. The van der Waals surface area contributed by atoms with Gasteiger partial charge in [-0.05, 0) is 32.1 Å². The van der Waals surface area contributed by atoms with Crippen LogP contribution < -0.4 is 10.4 Å². The number of anilines is 1. The van der Waals surface area contributed by atoms with Crippen LogP contribution in [0.3, 0.4) is 0 Å². The van der Waals surface area contributed by atoms with Crippen LogP contribution in [0.5, 0.6) is 0 Å². The highest BCUT2D eigenvalue weighted by Crippen LogP contribution is 2.36. The summed E-state index contributed by atoms with van der Waals surface area (Å²) in [5.41, 5.74) is 4.52. The average molecular weight is 482 g/mol. The highest BCUT2D eigenvalue weighted by Gasteiger charge is 2.21. The standard InChI is InChI=1S/C23H27N7O3S/c1-29(7-3-6-20(31)28-32)14-15-12-19-21(34-15)23(30-8-10-33-11-9-30)26-22(25-19)16-4-2-5-18-17(16)13-24-27-18/h2,4-5,12-13,32H,3,6-11,14H2,1H3,(H,24,27)(H,28,31). The number of hydrogen-bond acceptors (Lipinski definition) is 9. The summed E-state index contributed by atoms with van der Waals surface area (Å²) < 4.78 is 6.65. The molecule has 0 saturated carbocycles. The maximum atomic E-state index is 11.3. The van der Waals surface area contributed by atoms with Gasteiger partial charge in [0.2, 0.25) is 5.91 Å². The minimum absolute atomic E-state index is 0.294. The number of hydrogen-bond donors (Lipinski definition) is 3. The lowest BCUT2D eigenvalue weighted by Crippen LogP contribution is -2.36. The molecule has 1 aliphatic heterocycles. The van der Waals surface area contributed by atoms with Crippen molar-refractivity contribution in [3.8, 4) is 11.4 Å². The number of H-pyrrole nitrogens is 1. The predicted octanol–water partition coefficient (Wildman–Crippen LogP) is 2.79. The van der Waals surface area contributed by atoms with E-state index in [0.29, 0.717) is 31.9 Å². The molecular formula is C23H27N7O3S. The third-order valence-corrected chi connectivity index (χ3v) is 7.04. The number of aromatic amines is 1. The number of nitrogens with zero attached hydrogens (tertiary/aromatic N) is 5. The number of amides is 1. The Morgan fingerprint density at radius 2 is 2.18 bits per heavy atom. The summed E-state index contributed by atoms with van der Waals surface area (Å²) in [6.07, 6.45) is 2.78. The molecule has 1 aromatic carbocycles. The van der Waals surface area contributed by atoms with Gasteiger partial charge in [-0.1, -0.05) is 12.1 Å². The smallest absolute Gasteiger partial charge is 0.243 e. The van der Waals surface area contributed by atoms with Crippen molar-refractivity contribution in [2.45, 2.75) is 19.4 Å². The van der Waals surface area contributed by atoms with Gasteiger partial charge in [-0.3, -0.25) is 15.1 Å². The molecule has 1 aliphatic rings. The van der Waals surface area contributed by atoms with E-state index in [1.165, 1.54) is 4.88 Å². The fourth-order valence-electron chi connectivity index (χ4n) is 4.23. The van der Waals surface area contributed by atoms with Gasteiger partial charge in [-0.25, -0.2) is 15.4 Å². The molecule has 0 unspecified atom stereocenters. The van der Waals surface area contributed by atoms with E-state index >= 15 is 0 Å². The van der Waals surface area contributed by atoms with E-state index in [2.05, 4.69) is 26.1 Å². The minimum atomic E-state index is -0.360. The molecule has 4 heterocycles. The number of thiophene rings is 1. The maximum Gasteiger partial charge on any atom is 0.243 e. The Labute approximate surface area is 200 Å². The normalized spacial score (nSPS) is 14.4. The molecule has 34 heavy (non-hydrogen) atoms. The average Bonchev–Trinajstić information content (AvgIpc) is 3.50. The van der Waals surface area contributed by atoms with Gasteiger partial charge in [0.05, 0.1) is 35.1 Å². The lowest BCUT2D eigenvalue weighted by molar-refractivity contribution is -0.129. The molecule has 0 aliphatic carbocycles. The Morgan fingerprint density at radius 1 is 1.32 bits per heavy atom. The first-order valence-electron chi connectivity index (χ1n) is 11.3. The van der Waals surface area contributed by atoms with Crippen LogP contribution in [0.4, 0.5) is 5.82 Å². The largest absolute Gasteiger partial charge is 0.378 e. The number of hydroxylamine groups is 1. The van der Waals surface area contributed by atoms with Gasteiger partial charge in [0.25, 0.3) is 0 Å². The van der Waals surface area contributed by atoms with Gasteiger partial charge in [0, 0.05) is 41.9 Å². The molecule has 11 heteroatoms. The molecule has 0 radical (unpaired) electrons. The summed E-state index contributed by atoms with van der Waals surface area (Å²) in [4.78, 5) is 26.9. The van der Waals surface area contributed by atoms with Crippen molar-refractivity contribution in [3.05, 3.63) is 35.3 Å². The van der Waals surface area contributed by atoms with Crippen LogP contribution >= 0.6 is 11.3 Å². The third-order valence-electron chi connectivity index (χ3n) is 5.94.